The molecule has 1 aromatic heterocycles. The maximum Gasteiger partial charge on any atom is 0.151 e. The summed E-state index contributed by atoms with van der Waals surface area (Å²) in [6.45, 7) is 0. The molecule has 0 saturated heterocycles. The molecule has 0 radical (unpaired) electrons. The van der Waals surface area contributed by atoms with Gasteiger partial charge in [0, 0.05) is 12.3 Å². The van der Waals surface area contributed by atoms with E-state index in [-0.39, 0.29) is 0 Å². The Balaban J connectivity index is 3.01. The normalized spacial score (nSPS) is 9.56. The number of rotatable bonds is 1. The van der Waals surface area contributed by atoms with Gasteiger partial charge in [0.2, 0.25) is 0 Å². The summed E-state index contributed by atoms with van der Waals surface area (Å²) < 4.78 is 0. The first-order valence-electron chi connectivity index (χ1n) is 2.39. The molecule has 0 aromatic carbocycles. The van der Waals surface area contributed by atoms with Crippen LogP contribution >= 0.6 is 11.6 Å². The van der Waals surface area contributed by atoms with Crippen molar-refractivity contribution < 1.29 is 5.48 Å². The van der Waals surface area contributed by atoms with Crippen LogP contribution in [0.4, 0.5) is 5.69 Å². The van der Waals surface area contributed by atoms with Crippen LogP contribution in [0.5, 0.6) is 0 Å². The molecule has 3 nitrogen and oxygen atoms in total. The molecular weight excluding hydrogens is 140 g/mol. The number of pyridine rings is 1. The summed E-state index contributed by atoms with van der Waals surface area (Å²) in [7, 11) is 0. The van der Waals surface area contributed by atoms with Gasteiger partial charge in [-0.1, -0.05) is 11.6 Å². The number of hydrogen-bond donors (Lipinski definition) is 1. The molecule has 0 bridgehead atoms. The van der Waals surface area contributed by atoms with Crippen LogP contribution in [0.25, 0.3) is 0 Å². The topological polar surface area (TPSA) is 52.6 Å². The minimum absolute atomic E-state index is 0.396. The van der Waals surface area contributed by atoms with Crippen LogP contribution in [0, 0.1) is 5.21 Å². The van der Waals surface area contributed by atoms with Crippen LogP contribution in [0.15, 0.2) is 18.5 Å². The van der Waals surface area contributed by atoms with E-state index < -0.39 is 0 Å². The predicted molar refractivity (Wildman–Crippen MR) is 34.2 cm³/mol. The lowest BCUT2D eigenvalue weighted by molar-refractivity contribution is -0.497. The molecular formula is C5H5ClN2O. The fourth-order valence-electron chi connectivity index (χ4n) is 0.482. The highest BCUT2D eigenvalue weighted by atomic mass is 35.5. The third-order valence-electron chi connectivity index (χ3n) is 0.931. The van der Waals surface area contributed by atoms with Gasteiger partial charge in [0.1, 0.15) is 5.02 Å². The van der Waals surface area contributed by atoms with Crippen molar-refractivity contribution >= 4 is 17.3 Å². The lowest BCUT2D eigenvalue weighted by Gasteiger charge is -2.00. The SMILES string of the molecule is [O-][NH2+]c1ccncc1Cl. The smallest absolute Gasteiger partial charge is 0.151 e. The van der Waals surface area contributed by atoms with Crippen molar-refractivity contribution in [1.82, 2.24) is 4.98 Å². The Morgan fingerprint density at radius 1 is 1.67 bits per heavy atom. The molecule has 0 aliphatic carbocycles. The van der Waals surface area contributed by atoms with E-state index in [0.717, 1.165) is 0 Å². The minimum atomic E-state index is 0.396. The van der Waals surface area contributed by atoms with Gasteiger partial charge >= 0.3 is 0 Å². The molecule has 1 rings (SSSR count). The molecule has 48 valence electrons. The summed E-state index contributed by atoms with van der Waals surface area (Å²) in [5.74, 6) is 0. The largest absolute Gasteiger partial charge is 0.630 e. The first kappa shape index (κ1) is 6.48. The van der Waals surface area contributed by atoms with Crippen molar-refractivity contribution in [3.05, 3.63) is 28.7 Å². The zero-order valence-electron chi connectivity index (χ0n) is 4.54. The molecule has 4 heteroatoms. The maximum absolute atomic E-state index is 10.1. The summed E-state index contributed by atoms with van der Waals surface area (Å²) >= 11 is 5.53. The Bertz CT molecular complexity index is 204. The summed E-state index contributed by atoms with van der Waals surface area (Å²) in [6.07, 6.45) is 2.96. The van der Waals surface area contributed by atoms with Crippen molar-refractivity contribution in [1.29, 1.82) is 0 Å². The van der Waals surface area contributed by atoms with Crippen LogP contribution in [0.3, 0.4) is 0 Å². The molecule has 0 atom stereocenters. The van der Waals surface area contributed by atoms with Gasteiger partial charge in [0.15, 0.2) is 5.69 Å². The van der Waals surface area contributed by atoms with Gasteiger partial charge < -0.3 is 10.7 Å². The van der Waals surface area contributed by atoms with Crippen molar-refractivity contribution in [2.45, 2.75) is 0 Å². The van der Waals surface area contributed by atoms with Gasteiger partial charge in [-0.3, -0.25) is 4.98 Å². The highest BCUT2D eigenvalue weighted by Crippen LogP contribution is 2.12. The molecule has 0 spiro atoms. The first-order chi connectivity index (χ1) is 4.34. The number of nitrogens with two attached hydrogens (primary N) is 1. The van der Waals surface area contributed by atoms with E-state index in [1.165, 1.54) is 12.4 Å². The summed E-state index contributed by atoms with van der Waals surface area (Å²) in [5, 5.41) is 10.5. The zero-order valence-corrected chi connectivity index (χ0v) is 5.30. The Morgan fingerprint density at radius 2 is 2.44 bits per heavy atom. The quantitative estimate of drug-likeness (QED) is 0.581. The van der Waals surface area contributed by atoms with E-state index in [2.05, 4.69) is 4.98 Å². The van der Waals surface area contributed by atoms with Crippen LogP contribution in [-0.4, -0.2) is 4.98 Å². The molecule has 0 fully saturated rings. The molecule has 0 amide bonds. The van der Waals surface area contributed by atoms with Crippen LogP contribution < -0.4 is 5.48 Å². The fourth-order valence-corrected chi connectivity index (χ4v) is 0.645. The highest BCUT2D eigenvalue weighted by molar-refractivity contribution is 6.32. The summed E-state index contributed by atoms with van der Waals surface area (Å²) in [6, 6.07) is 1.56. The molecule has 1 heterocycles. The lowest BCUT2D eigenvalue weighted by Crippen LogP contribution is -2.70. The molecule has 0 saturated carbocycles. The summed E-state index contributed by atoms with van der Waals surface area (Å²) in [5.41, 5.74) is 1.18. The van der Waals surface area contributed by atoms with Crippen molar-refractivity contribution in [2.24, 2.45) is 0 Å². The third-order valence-corrected chi connectivity index (χ3v) is 1.25. The van der Waals surface area contributed by atoms with Gasteiger partial charge in [-0.2, -0.15) is 0 Å². The Hall–Kier alpha value is -0.640. The second kappa shape index (κ2) is 2.77. The first-order valence-corrected chi connectivity index (χ1v) is 2.77. The van der Waals surface area contributed by atoms with Gasteiger partial charge in [-0.05, 0) is 0 Å². The number of quaternary nitrogens is 1. The Labute approximate surface area is 57.3 Å². The van der Waals surface area contributed by atoms with Gasteiger partial charge in [0.25, 0.3) is 0 Å². The van der Waals surface area contributed by atoms with Gasteiger partial charge in [0.05, 0.1) is 6.20 Å². The average molecular weight is 145 g/mol. The average Bonchev–Trinajstić information content (AvgIpc) is 1.89. The molecule has 1 aromatic rings. The minimum Gasteiger partial charge on any atom is -0.630 e. The van der Waals surface area contributed by atoms with E-state index in [1.54, 1.807) is 6.07 Å². The molecule has 0 unspecified atom stereocenters. The lowest BCUT2D eigenvalue weighted by atomic mass is 10.4. The maximum atomic E-state index is 10.1. The van der Waals surface area contributed by atoms with E-state index in [9.17, 15) is 5.21 Å². The Kier molecular flexibility index (Phi) is 2.00. The number of halogens is 1. The Morgan fingerprint density at radius 3 is 2.89 bits per heavy atom. The molecule has 9 heavy (non-hydrogen) atoms. The van der Waals surface area contributed by atoms with Crippen molar-refractivity contribution in [2.75, 3.05) is 0 Å². The molecule has 2 N–H and O–H groups in total. The van der Waals surface area contributed by atoms with Crippen LogP contribution in [0.1, 0.15) is 0 Å². The van der Waals surface area contributed by atoms with E-state index in [0.29, 0.717) is 16.2 Å². The third kappa shape index (κ3) is 1.38. The van der Waals surface area contributed by atoms with E-state index in [4.69, 9.17) is 11.6 Å². The van der Waals surface area contributed by atoms with Crippen LogP contribution in [0.2, 0.25) is 5.02 Å². The summed E-state index contributed by atoms with van der Waals surface area (Å²) in [4.78, 5) is 3.70. The highest BCUT2D eigenvalue weighted by Gasteiger charge is 1.95. The number of hydrogen-bond acceptors (Lipinski definition) is 2. The van der Waals surface area contributed by atoms with Crippen LogP contribution in [-0.2, 0) is 0 Å². The predicted octanol–water partition coefficient (Wildman–Crippen LogP) is 0.428. The monoisotopic (exact) mass is 144 g/mol. The second-order valence-electron chi connectivity index (χ2n) is 1.52. The molecule has 0 aliphatic rings. The number of aromatic nitrogens is 1. The van der Waals surface area contributed by atoms with Gasteiger partial charge in [-0.25, -0.2) is 0 Å². The second-order valence-corrected chi connectivity index (χ2v) is 1.92. The van der Waals surface area contributed by atoms with Crippen molar-refractivity contribution in [3.63, 3.8) is 0 Å². The van der Waals surface area contributed by atoms with Gasteiger partial charge in [-0.15, -0.1) is 0 Å². The number of nitrogens with zero attached hydrogens (tertiary/aromatic N) is 1. The fraction of sp³-hybridized carbons (Fsp3) is 0. The van der Waals surface area contributed by atoms with Crippen molar-refractivity contribution in [3.8, 4) is 0 Å². The van der Waals surface area contributed by atoms with E-state index >= 15 is 0 Å². The zero-order chi connectivity index (χ0) is 6.69. The van der Waals surface area contributed by atoms with E-state index in [1.807, 2.05) is 0 Å². The standard InChI is InChI=1S/C5H5ClN2O/c6-4-3-7-2-1-5(4)8-9/h1-3H,8H2. The molecule has 0 aliphatic heterocycles.